The van der Waals surface area contributed by atoms with Gasteiger partial charge in [0.1, 0.15) is 0 Å². The van der Waals surface area contributed by atoms with E-state index in [1.165, 1.54) is 18.2 Å². The molecule has 0 unspecified atom stereocenters. The monoisotopic (exact) mass is 420 g/mol. The number of amides is 2. The normalized spacial score (nSPS) is 13.5. The van der Waals surface area contributed by atoms with Crippen LogP contribution in [0.25, 0.3) is 10.9 Å². The van der Waals surface area contributed by atoms with Crippen LogP contribution in [0.1, 0.15) is 46.0 Å². The van der Waals surface area contributed by atoms with E-state index in [-0.39, 0.29) is 18.0 Å². The molecule has 4 rings (SSSR count). The van der Waals surface area contributed by atoms with Crippen LogP contribution in [0.4, 0.5) is 5.69 Å². The molecular formula is C23H24N4O4. The van der Waals surface area contributed by atoms with E-state index in [1.807, 2.05) is 13.0 Å². The molecule has 0 spiro atoms. The number of carbonyl (C=O) groups excluding carboxylic acids is 2. The second kappa shape index (κ2) is 8.22. The fraction of sp³-hybridized carbons (Fsp3) is 0.304. The lowest BCUT2D eigenvalue weighted by Crippen LogP contribution is -2.34. The highest BCUT2D eigenvalue weighted by molar-refractivity contribution is 6.10. The van der Waals surface area contributed by atoms with Gasteiger partial charge >= 0.3 is 5.69 Å². The van der Waals surface area contributed by atoms with Gasteiger partial charge < -0.3 is 15.2 Å². The number of benzene rings is 2. The second-order valence-electron chi connectivity index (χ2n) is 7.69. The van der Waals surface area contributed by atoms with E-state index in [2.05, 4.69) is 10.3 Å². The number of aromatic nitrogens is 2. The molecule has 0 bridgehead atoms. The Morgan fingerprint density at radius 1 is 1.10 bits per heavy atom. The number of hydrogen-bond donors (Lipinski definition) is 2. The molecule has 1 saturated heterocycles. The molecule has 1 aliphatic heterocycles. The second-order valence-corrected chi connectivity index (χ2v) is 7.69. The standard InChI is InChI=1S/C23H24N4O4/c1-3-27-21(29)16-10-9-15(13-18(16)25-23(27)31)20(28)24-17-8-6-7-14(2)19(17)22(30)26-11-4-5-12-26/h6-10,13H,3-5,11-12H2,1-2H3,(H,24,28)(H,25,31). The summed E-state index contributed by atoms with van der Waals surface area (Å²) in [5.74, 6) is -0.516. The van der Waals surface area contributed by atoms with Crippen molar-refractivity contribution < 1.29 is 9.59 Å². The van der Waals surface area contributed by atoms with Crippen molar-refractivity contribution in [3.63, 3.8) is 0 Å². The molecule has 1 aromatic heterocycles. The quantitative estimate of drug-likeness (QED) is 0.677. The minimum atomic E-state index is -0.519. The van der Waals surface area contributed by atoms with Crippen molar-refractivity contribution in [1.29, 1.82) is 0 Å². The zero-order valence-corrected chi connectivity index (χ0v) is 17.5. The topological polar surface area (TPSA) is 104 Å². The highest BCUT2D eigenvalue weighted by Crippen LogP contribution is 2.24. The van der Waals surface area contributed by atoms with Crippen LogP contribution in [0.3, 0.4) is 0 Å². The third-order valence-corrected chi connectivity index (χ3v) is 5.69. The number of aryl methyl sites for hydroxylation is 1. The Balaban J connectivity index is 1.68. The largest absolute Gasteiger partial charge is 0.339 e. The third kappa shape index (κ3) is 3.76. The summed E-state index contributed by atoms with van der Waals surface area (Å²) < 4.78 is 1.10. The maximum Gasteiger partial charge on any atom is 0.328 e. The molecule has 2 amide bonds. The van der Waals surface area contributed by atoms with Gasteiger partial charge in [0.15, 0.2) is 0 Å². The molecule has 3 aromatic rings. The third-order valence-electron chi connectivity index (χ3n) is 5.69. The van der Waals surface area contributed by atoms with E-state index in [4.69, 9.17) is 0 Å². The van der Waals surface area contributed by atoms with Crippen LogP contribution >= 0.6 is 0 Å². The lowest BCUT2D eigenvalue weighted by molar-refractivity contribution is 0.0793. The lowest BCUT2D eigenvalue weighted by atomic mass is 10.0. The molecule has 160 valence electrons. The molecular weight excluding hydrogens is 396 g/mol. The van der Waals surface area contributed by atoms with Crippen LogP contribution in [-0.4, -0.2) is 39.4 Å². The van der Waals surface area contributed by atoms with Crippen molar-refractivity contribution >= 4 is 28.4 Å². The van der Waals surface area contributed by atoms with Crippen LogP contribution in [0.15, 0.2) is 46.0 Å². The van der Waals surface area contributed by atoms with E-state index < -0.39 is 17.2 Å². The number of fused-ring (bicyclic) bond motifs is 1. The molecule has 1 fully saturated rings. The van der Waals surface area contributed by atoms with Gasteiger partial charge in [0.2, 0.25) is 0 Å². The summed E-state index contributed by atoms with van der Waals surface area (Å²) in [7, 11) is 0. The predicted octanol–water partition coefficient (Wildman–Crippen LogP) is 2.51. The smallest absolute Gasteiger partial charge is 0.328 e. The summed E-state index contributed by atoms with van der Waals surface area (Å²) in [6.07, 6.45) is 1.96. The first-order chi connectivity index (χ1) is 14.9. The lowest BCUT2D eigenvalue weighted by Gasteiger charge is -2.19. The van der Waals surface area contributed by atoms with E-state index in [9.17, 15) is 19.2 Å². The average molecular weight is 420 g/mol. The van der Waals surface area contributed by atoms with Gasteiger partial charge in [-0.15, -0.1) is 0 Å². The zero-order chi connectivity index (χ0) is 22.1. The maximum absolute atomic E-state index is 13.0. The number of nitrogens with one attached hydrogen (secondary N) is 2. The molecule has 0 aliphatic carbocycles. The maximum atomic E-state index is 13.0. The van der Waals surface area contributed by atoms with Crippen molar-refractivity contribution in [2.75, 3.05) is 18.4 Å². The molecule has 1 aliphatic rings. The fourth-order valence-electron chi connectivity index (χ4n) is 4.01. The van der Waals surface area contributed by atoms with Gasteiger partial charge in [-0.3, -0.25) is 19.0 Å². The minimum absolute atomic E-state index is 0.0890. The number of likely N-dealkylation sites (tertiary alicyclic amines) is 1. The van der Waals surface area contributed by atoms with Gasteiger partial charge in [-0.1, -0.05) is 12.1 Å². The summed E-state index contributed by atoms with van der Waals surface area (Å²) in [5.41, 5.74) is 1.37. The molecule has 8 heteroatoms. The van der Waals surface area contributed by atoms with Crippen molar-refractivity contribution in [2.45, 2.75) is 33.2 Å². The van der Waals surface area contributed by atoms with Crippen molar-refractivity contribution in [3.8, 4) is 0 Å². The van der Waals surface area contributed by atoms with Gasteiger partial charge in [0.05, 0.1) is 22.2 Å². The highest BCUT2D eigenvalue weighted by atomic mass is 16.2. The van der Waals surface area contributed by atoms with Crippen LogP contribution in [-0.2, 0) is 6.54 Å². The fourth-order valence-corrected chi connectivity index (χ4v) is 4.01. The van der Waals surface area contributed by atoms with Crippen molar-refractivity contribution in [3.05, 3.63) is 73.9 Å². The zero-order valence-electron chi connectivity index (χ0n) is 17.5. The SMILES string of the molecule is CCn1c(=O)[nH]c2cc(C(=O)Nc3cccc(C)c3C(=O)N3CCCC3)ccc2c1=O. The first-order valence-corrected chi connectivity index (χ1v) is 10.4. The van der Waals surface area contributed by atoms with Crippen LogP contribution in [0, 0.1) is 6.92 Å². The Labute approximate surface area is 178 Å². The van der Waals surface area contributed by atoms with Crippen molar-refractivity contribution in [2.24, 2.45) is 0 Å². The van der Waals surface area contributed by atoms with Crippen LogP contribution < -0.4 is 16.6 Å². The van der Waals surface area contributed by atoms with Gasteiger partial charge in [-0.2, -0.15) is 0 Å². The summed E-state index contributed by atoms with van der Waals surface area (Å²) in [4.78, 5) is 55.0. The number of hydrogen-bond acceptors (Lipinski definition) is 4. The number of rotatable bonds is 4. The van der Waals surface area contributed by atoms with Gasteiger partial charge in [0, 0.05) is 25.2 Å². The van der Waals surface area contributed by atoms with Gasteiger partial charge in [-0.25, -0.2) is 4.79 Å². The molecule has 31 heavy (non-hydrogen) atoms. The molecule has 2 heterocycles. The number of H-pyrrole nitrogens is 1. The highest BCUT2D eigenvalue weighted by Gasteiger charge is 2.24. The predicted molar refractivity (Wildman–Crippen MR) is 119 cm³/mol. The van der Waals surface area contributed by atoms with E-state index in [0.29, 0.717) is 35.2 Å². The minimum Gasteiger partial charge on any atom is -0.339 e. The van der Waals surface area contributed by atoms with Crippen molar-refractivity contribution in [1.82, 2.24) is 14.5 Å². The van der Waals surface area contributed by atoms with Gasteiger partial charge in [-0.05, 0) is 56.5 Å². The molecule has 0 radical (unpaired) electrons. The van der Waals surface area contributed by atoms with Crippen LogP contribution in [0.5, 0.6) is 0 Å². The number of anilines is 1. The number of carbonyl (C=O) groups is 2. The molecule has 2 aromatic carbocycles. The van der Waals surface area contributed by atoms with E-state index in [1.54, 1.807) is 24.0 Å². The van der Waals surface area contributed by atoms with Gasteiger partial charge in [0.25, 0.3) is 17.4 Å². The van der Waals surface area contributed by atoms with Crippen LogP contribution in [0.2, 0.25) is 0 Å². The van der Waals surface area contributed by atoms with E-state index >= 15 is 0 Å². The summed E-state index contributed by atoms with van der Waals surface area (Å²) in [5, 5.41) is 3.16. The Hall–Kier alpha value is -3.68. The summed E-state index contributed by atoms with van der Waals surface area (Å²) in [6.45, 7) is 5.25. The van der Waals surface area contributed by atoms with E-state index in [0.717, 1.165) is 23.0 Å². The molecule has 0 saturated carbocycles. The Bertz CT molecular complexity index is 1300. The molecule has 8 nitrogen and oxygen atoms in total. The Kier molecular flexibility index (Phi) is 5.46. The Morgan fingerprint density at radius 2 is 1.84 bits per heavy atom. The number of aromatic amines is 1. The summed E-state index contributed by atoms with van der Waals surface area (Å²) in [6, 6.07) is 9.88. The number of nitrogens with zero attached hydrogens (tertiary/aromatic N) is 2. The average Bonchev–Trinajstić information content (AvgIpc) is 3.28. The molecule has 0 atom stereocenters. The molecule has 2 N–H and O–H groups in total. The first kappa shape index (κ1) is 20.6. The summed E-state index contributed by atoms with van der Waals surface area (Å²) >= 11 is 0. The Morgan fingerprint density at radius 3 is 2.55 bits per heavy atom. The first-order valence-electron chi connectivity index (χ1n) is 10.4.